The molecule has 1 aliphatic heterocycles. The van der Waals surface area contributed by atoms with Crippen molar-refractivity contribution in [3.8, 4) is 10.7 Å². The van der Waals surface area contributed by atoms with Crippen molar-refractivity contribution in [2.24, 2.45) is 5.41 Å². The van der Waals surface area contributed by atoms with Crippen LogP contribution in [-0.4, -0.2) is 27.5 Å². The van der Waals surface area contributed by atoms with E-state index in [-0.39, 0.29) is 12.0 Å². The molecule has 3 heterocycles. The van der Waals surface area contributed by atoms with E-state index in [0.29, 0.717) is 17.2 Å². The van der Waals surface area contributed by atoms with Gasteiger partial charge in [-0.3, -0.25) is 4.98 Å². The minimum absolute atomic E-state index is 0.167. The van der Waals surface area contributed by atoms with Gasteiger partial charge < -0.3 is 4.84 Å². The second kappa shape index (κ2) is 7.79. The van der Waals surface area contributed by atoms with Crippen LogP contribution in [0.5, 0.6) is 0 Å². The second-order valence-corrected chi connectivity index (χ2v) is 8.65. The molecule has 0 aliphatic carbocycles. The van der Waals surface area contributed by atoms with E-state index in [1.54, 1.807) is 25.8 Å². The van der Waals surface area contributed by atoms with E-state index in [4.69, 9.17) is 4.84 Å². The zero-order valence-electron chi connectivity index (χ0n) is 15.9. The van der Waals surface area contributed by atoms with Crippen LogP contribution >= 0.6 is 11.3 Å². The summed E-state index contributed by atoms with van der Waals surface area (Å²) in [6.07, 6.45) is -0.903. The highest BCUT2D eigenvalue weighted by Gasteiger charge is 2.33. The Bertz CT molecular complexity index is 828. The van der Waals surface area contributed by atoms with Gasteiger partial charge in [0, 0.05) is 18.1 Å². The topological polar surface area (TPSA) is 55.3 Å². The molecule has 152 valence electrons. The monoisotopic (exact) mass is 413 g/mol. The molecule has 28 heavy (non-hydrogen) atoms. The fourth-order valence-corrected chi connectivity index (χ4v) is 3.64. The van der Waals surface area contributed by atoms with Gasteiger partial charge in [-0.2, -0.15) is 13.2 Å². The molecule has 1 fully saturated rings. The maximum absolute atomic E-state index is 12.7. The van der Waals surface area contributed by atoms with E-state index in [1.165, 1.54) is 17.4 Å². The molecule has 0 N–H and O–H groups in total. The highest BCUT2D eigenvalue weighted by atomic mass is 32.1. The Balaban J connectivity index is 1.78. The van der Waals surface area contributed by atoms with Crippen molar-refractivity contribution in [1.29, 1.82) is 0 Å². The van der Waals surface area contributed by atoms with Crippen LogP contribution in [-0.2, 0) is 15.8 Å². The molecule has 0 saturated carbocycles. The number of pyridine rings is 1. The number of carbonyl (C=O) groups excluding carboxylic acids is 1. The van der Waals surface area contributed by atoms with Crippen LogP contribution in [0.1, 0.15) is 57.3 Å². The van der Waals surface area contributed by atoms with Crippen molar-refractivity contribution in [2.75, 3.05) is 6.54 Å². The lowest BCUT2D eigenvalue weighted by atomic mass is 9.97. The molecule has 2 aromatic rings. The van der Waals surface area contributed by atoms with Gasteiger partial charge in [0.1, 0.15) is 5.01 Å². The maximum Gasteiger partial charge on any atom is 0.417 e. The predicted octanol–water partition coefficient (Wildman–Crippen LogP) is 5.26. The number of halogens is 3. The molecular formula is C19H22F3N3O2S. The van der Waals surface area contributed by atoms with Crippen LogP contribution in [0.2, 0.25) is 0 Å². The van der Waals surface area contributed by atoms with Crippen molar-refractivity contribution in [2.45, 2.75) is 52.3 Å². The van der Waals surface area contributed by atoms with Crippen LogP contribution in [0, 0.1) is 5.41 Å². The average molecular weight is 413 g/mol. The number of hydrogen-bond donors (Lipinski definition) is 0. The van der Waals surface area contributed by atoms with E-state index < -0.39 is 17.2 Å². The van der Waals surface area contributed by atoms with Crippen molar-refractivity contribution >= 4 is 17.3 Å². The SMILES string of the molecule is CC(C)(C)C(=O)ON1CCCC[C@@H]1c1csc(-c2ccc(C(F)(F)F)cn2)n1. The van der Waals surface area contributed by atoms with E-state index in [2.05, 4.69) is 9.97 Å². The van der Waals surface area contributed by atoms with E-state index in [9.17, 15) is 18.0 Å². The molecule has 1 saturated heterocycles. The minimum atomic E-state index is -4.42. The first-order valence-electron chi connectivity index (χ1n) is 9.04. The van der Waals surface area contributed by atoms with Crippen molar-refractivity contribution in [3.63, 3.8) is 0 Å². The quantitative estimate of drug-likeness (QED) is 0.687. The molecule has 9 heteroatoms. The normalized spacial score (nSPS) is 18.9. The largest absolute Gasteiger partial charge is 0.417 e. The molecule has 3 rings (SSSR count). The Kier molecular flexibility index (Phi) is 5.77. The number of aromatic nitrogens is 2. The van der Waals surface area contributed by atoms with Gasteiger partial charge in [-0.25, -0.2) is 9.78 Å². The molecule has 0 radical (unpaired) electrons. The summed E-state index contributed by atoms with van der Waals surface area (Å²) >= 11 is 1.31. The molecular weight excluding hydrogens is 391 g/mol. The van der Waals surface area contributed by atoms with Crippen LogP contribution in [0.3, 0.4) is 0 Å². The third-order valence-corrected chi connectivity index (χ3v) is 5.32. The molecule has 0 bridgehead atoms. The van der Waals surface area contributed by atoms with E-state index in [1.807, 2.05) is 5.38 Å². The molecule has 1 atom stereocenters. The Morgan fingerprint density at radius 3 is 2.61 bits per heavy atom. The highest BCUT2D eigenvalue weighted by molar-refractivity contribution is 7.13. The lowest BCUT2D eigenvalue weighted by Gasteiger charge is -2.34. The Labute approximate surface area is 165 Å². The van der Waals surface area contributed by atoms with Crippen LogP contribution in [0.4, 0.5) is 13.2 Å². The second-order valence-electron chi connectivity index (χ2n) is 7.79. The Hall–Kier alpha value is -2.00. The number of piperidine rings is 1. The van der Waals surface area contributed by atoms with Gasteiger partial charge in [0.05, 0.1) is 28.4 Å². The van der Waals surface area contributed by atoms with Crippen LogP contribution in [0.15, 0.2) is 23.7 Å². The molecule has 5 nitrogen and oxygen atoms in total. The Morgan fingerprint density at radius 1 is 1.25 bits per heavy atom. The summed E-state index contributed by atoms with van der Waals surface area (Å²) in [6.45, 7) is 6.01. The van der Waals surface area contributed by atoms with Gasteiger partial charge in [0.2, 0.25) is 0 Å². The molecule has 0 amide bonds. The molecule has 0 aromatic carbocycles. The number of hydroxylamine groups is 2. The molecule has 0 spiro atoms. The van der Waals surface area contributed by atoms with Gasteiger partial charge in [-0.15, -0.1) is 16.4 Å². The number of hydrogen-bond acceptors (Lipinski definition) is 6. The summed E-state index contributed by atoms with van der Waals surface area (Å²) in [7, 11) is 0. The summed E-state index contributed by atoms with van der Waals surface area (Å²) in [4.78, 5) is 26.3. The molecule has 1 aliphatic rings. The smallest absolute Gasteiger partial charge is 0.367 e. The number of carbonyl (C=O) groups is 1. The first-order valence-corrected chi connectivity index (χ1v) is 9.92. The number of thiazole rings is 1. The first-order chi connectivity index (χ1) is 13.1. The summed E-state index contributed by atoms with van der Waals surface area (Å²) in [5.41, 5.74) is -0.277. The van der Waals surface area contributed by atoms with E-state index in [0.717, 1.165) is 37.2 Å². The summed E-state index contributed by atoms with van der Waals surface area (Å²) in [6, 6.07) is 2.16. The van der Waals surface area contributed by atoms with Gasteiger partial charge in [-0.05, 0) is 52.2 Å². The number of alkyl halides is 3. The van der Waals surface area contributed by atoms with Crippen LogP contribution < -0.4 is 0 Å². The van der Waals surface area contributed by atoms with Gasteiger partial charge in [-0.1, -0.05) is 0 Å². The van der Waals surface area contributed by atoms with Gasteiger partial charge in [0.25, 0.3) is 0 Å². The molecule has 2 aromatic heterocycles. The van der Waals surface area contributed by atoms with Gasteiger partial charge >= 0.3 is 12.1 Å². The van der Waals surface area contributed by atoms with Crippen LogP contribution in [0.25, 0.3) is 10.7 Å². The summed E-state index contributed by atoms with van der Waals surface area (Å²) in [5.74, 6) is -0.306. The lowest BCUT2D eigenvalue weighted by molar-refractivity contribution is -0.218. The third-order valence-electron chi connectivity index (χ3n) is 4.44. The van der Waals surface area contributed by atoms with E-state index >= 15 is 0 Å². The third kappa shape index (κ3) is 4.70. The maximum atomic E-state index is 12.7. The molecule has 0 unspecified atom stereocenters. The van der Waals surface area contributed by atoms with Crippen molar-refractivity contribution in [1.82, 2.24) is 15.0 Å². The van der Waals surface area contributed by atoms with Gasteiger partial charge in [0.15, 0.2) is 0 Å². The van der Waals surface area contributed by atoms with Crippen molar-refractivity contribution in [3.05, 3.63) is 35.0 Å². The average Bonchev–Trinajstić information content (AvgIpc) is 3.10. The first kappa shape index (κ1) is 20.7. The fraction of sp³-hybridized carbons (Fsp3) is 0.526. The predicted molar refractivity (Wildman–Crippen MR) is 99.2 cm³/mol. The zero-order chi connectivity index (χ0) is 20.5. The zero-order valence-corrected chi connectivity index (χ0v) is 16.7. The lowest BCUT2D eigenvalue weighted by Crippen LogP contribution is -2.39. The number of nitrogens with zero attached hydrogens (tertiary/aromatic N) is 3. The number of rotatable bonds is 3. The highest BCUT2D eigenvalue weighted by Crippen LogP contribution is 2.35. The Morgan fingerprint density at radius 2 is 2.00 bits per heavy atom. The standard InChI is InChI=1S/C19H22F3N3O2S/c1-18(2,3)17(26)27-25-9-5-4-6-15(25)14-11-28-16(24-14)13-8-7-12(10-23-13)19(20,21)22/h7-8,10-11,15H,4-6,9H2,1-3H3/t15-/m1/s1. The fourth-order valence-electron chi connectivity index (χ4n) is 2.80. The minimum Gasteiger partial charge on any atom is -0.367 e. The summed E-state index contributed by atoms with van der Waals surface area (Å²) in [5, 5.41) is 4.06. The summed E-state index contributed by atoms with van der Waals surface area (Å²) < 4.78 is 38.1. The van der Waals surface area contributed by atoms with Crippen molar-refractivity contribution < 1.29 is 22.8 Å².